The molecule has 0 radical (unpaired) electrons. The minimum atomic E-state index is -5.50. The summed E-state index contributed by atoms with van der Waals surface area (Å²) in [6.45, 7) is 4.52. The maximum Gasteiger partial charge on any atom is 1.00 e. The van der Waals surface area contributed by atoms with Gasteiger partial charge in [0.1, 0.15) is 12.3 Å². The van der Waals surface area contributed by atoms with Crippen molar-refractivity contribution in [1.29, 1.82) is 0 Å². The third-order valence-corrected chi connectivity index (χ3v) is 15.6. The third-order valence-electron chi connectivity index (χ3n) is 11.8. The zero-order valence-corrected chi connectivity index (χ0v) is 49.0. The Hall–Kier alpha value is 0.0300. The van der Waals surface area contributed by atoms with Gasteiger partial charge in [0.25, 0.3) is 7.82 Å². The molecule has 1 fully saturated rings. The molecule has 0 aromatic carbocycles. The van der Waals surface area contributed by atoms with Crippen molar-refractivity contribution < 1.29 is 111 Å². The van der Waals surface area contributed by atoms with Gasteiger partial charge < -0.3 is 28.9 Å². The van der Waals surface area contributed by atoms with E-state index >= 15 is 0 Å². The summed E-state index contributed by atoms with van der Waals surface area (Å²) in [5, 5.41) is 15.4. The van der Waals surface area contributed by atoms with E-state index in [0.29, 0.717) is 6.42 Å². The van der Waals surface area contributed by atoms with Gasteiger partial charge in [0.2, 0.25) is 0 Å². The maximum atomic E-state index is 12.9. The van der Waals surface area contributed by atoms with Gasteiger partial charge in [-0.15, -0.1) is 0 Å². The summed E-state index contributed by atoms with van der Waals surface area (Å²) in [5.74, 6) is -0.149. The fourth-order valence-corrected chi connectivity index (χ4v) is 11.0. The van der Waals surface area contributed by atoms with Gasteiger partial charge in [0.05, 0.1) is 25.4 Å². The third kappa shape index (κ3) is 33.7. The molecule has 2 unspecified atom stereocenters. The first-order chi connectivity index (χ1) is 31.8. The number of aryl methyl sites for hydroxylation is 1. The molecule has 0 bridgehead atoms. The van der Waals surface area contributed by atoms with Crippen LogP contribution in [0.5, 0.6) is 5.88 Å². The van der Waals surface area contributed by atoms with Crippen molar-refractivity contribution in [3.05, 3.63) is 32.7 Å². The molecule has 68 heavy (non-hydrogen) atoms. The number of carbonyl (C=O) groups excluding carboxylic acids is 1. The number of hydrogen-bond acceptors (Lipinski definition) is 14. The summed E-state index contributed by atoms with van der Waals surface area (Å²) in [7, 11) is -10.9. The minimum Gasteiger partial charge on any atom is -0.858 e. The van der Waals surface area contributed by atoms with Crippen LogP contribution in [0.1, 0.15) is 218 Å². The maximum absolute atomic E-state index is 12.9. The number of carbonyl (C=O) groups is 1. The van der Waals surface area contributed by atoms with Gasteiger partial charge in [-0.25, -0.2) is 18.7 Å². The fraction of sp³-hybridized carbons (Fsp3) is 0.891. The number of phosphoric ester groups is 2. The Kier molecular flexibility index (Phi) is 42.4. The second-order valence-corrected chi connectivity index (χ2v) is 21.9. The van der Waals surface area contributed by atoms with E-state index in [0.717, 1.165) is 48.8 Å². The molecule has 17 nitrogen and oxygen atoms in total. The Morgan fingerprint density at radius 3 is 1.81 bits per heavy atom. The number of esters is 1. The molecule has 6 atom stereocenters. The van der Waals surface area contributed by atoms with E-state index in [1.165, 1.54) is 160 Å². The van der Waals surface area contributed by atoms with E-state index < -0.39 is 70.9 Å². The standard InChI is InChI=1S/C46H85N5O12P2S.2Na/c1-4-6-8-10-12-14-16-18-19-20-21-23-25-27-29-31-33-66-38-40(61-44(52)32-30-28-26-24-22-17-15-13-11-9-7-5-2)36-59-64(55,56)63-65(57,58)60-37-42-41(49-50-47)34-43(62-42)51-35-39(3)45(53)48-46(51)54;;/h35,40-43H,4-34,36-38H2,1-3H3,(H,55,56)(H,57,58)(H,48,53,54);;/q;2*+1/p-2/t40-,41-,42+,43+;;/m0../s1. The van der Waals surface area contributed by atoms with Gasteiger partial charge in [-0.1, -0.05) is 186 Å². The van der Waals surface area contributed by atoms with Crippen molar-refractivity contribution in [1.82, 2.24) is 9.55 Å². The number of hydrogen-bond donors (Lipinski definition) is 1. The first kappa shape index (κ1) is 68.0. The van der Waals surface area contributed by atoms with E-state index in [4.69, 9.17) is 24.1 Å². The molecule has 22 heteroatoms. The minimum absolute atomic E-state index is 0. The van der Waals surface area contributed by atoms with Crippen molar-refractivity contribution in [2.45, 2.75) is 238 Å². The van der Waals surface area contributed by atoms with E-state index in [2.05, 4.69) is 33.2 Å². The van der Waals surface area contributed by atoms with Gasteiger partial charge >= 0.3 is 78.6 Å². The zero-order chi connectivity index (χ0) is 48.3. The molecule has 1 aromatic rings. The smallest absolute Gasteiger partial charge is 0.858 e. The molecule has 0 amide bonds. The Balaban J connectivity index is 0.0000224. The molecule has 1 aromatic heterocycles. The summed E-state index contributed by atoms with van der Waals surface area (Å²) in [4.78, 5) is 54.6. The van der Waals surface area contributed by atoms with Crippen molar-refractivity contribution in [2.24, 2.45) is 5.11 Å². The van der Waals surface area contributed by atoms with E-state index in [1.807, 2.05) is 0 Å². The van der Waals surface area contributed by atoms with Crippen molar-refractivity contribution in [3.63, 3.8) is 0 Å². The van der Waals surface area contributed by atoms with Crippen molar-refractivity contribution in [2.75, 3.05) is 24.7 Å². The largest absolute Gasteiger partial charge is 1.00 e. The molecule has 2 rings (SSSR count). The molecule has 1 saturated heterocycles. The molecule has 0 saturated carbocycles. The first-order valence-electron chi connectivity index (χ1n) is 25.2. The molecular formula is C46H83N5Na2O12P2S. The molecule has 0 spiro atoms. The van der Waals surface area contributed by atoms with Crippen LogP contribution in [0.3, 0.4) is 0 Å². The summed E-state index contributed by atoms with van der Waals surface area (Å²) >= 11 is 1.52. The average Bonchev–Trinajstić information content (AvgIpc) is 3.67. The van der Waals surface area contributed by atoms with Crippen LogP contribution in [-0.2, 0) is 36.8 Å². The summed E-state index contributed by atoms with van der Waals surface area (Å²) < 4.78 is 52.4. The van der Waals surface area contributed by atoms with Crippen molar-refractivity contribution in [3.8, 4) is 5.88 Å². The first-order valence-corrected chi connectivity index (χ1v) is 29.3. The van der Waals surface area contributed by atoms with Crippen LogP contribution in [0, 0.1) is 6.92 Å². The summed E-state index contributed by atoms with van der Waals surface area (Å²) in [5.41, 5.74) is 8.30. The number of nitrogens with zero attached hydrogens (tertiary/aromatic N) is 5. The number of rotatable bonds is 43. The fourth-order valence-electron chi connectivity index (χ4n) is 7.94. The van der Waals surface area contributed by atoms with Crippen LogP contribution in [0.2, 0.25) is 0 Å². The Bertz CT molecular complexity index is 1670. The van der Waals surface area contributed by atoms with E-state index in [-0.39, 0.29) is 83.3 Å². The number of ether oxygens (including phenoxy) is 2. The van der Waals surface area contributed by atoms with E-state index in [9.17, 15) is 33.6 Å². The Morgan fingerprint density at radius 2 is 1.32 bits per heavy atom. The van der Waals surface area contributed by atoms with Gasteiger partial charge in [-0.05, 0) is 42.5 Å². The SMILES string of the molecule is CCCCCCCCCCCCCCCCCCSC[C@H](COP(=O)([O-])OP(=O)(O)OC[C@H]1O[C@@H](n2cc(C)c([O-])nc2=O)C[C@@H]1N=[N+]=[N-])OC(=O)CCCCCCCCCCCCCC.[Na+].[Na+]. The molecular weight excluding hydrogens is 955 g/mol. The summed E-state index contributed by atoms with van der Waals surface area (Å²) in [6.07, 6.45) is 32.3. The normalized spacial score (nSPS) is 17.9. The van der Waals surface area contributed by atoms with Gasteiger partial charge in [-0.2, -0.15) is 11.8 Å². The quantitative estimate of drug-likeness (QED) is 0.0145. The number of aromatic nitrogens is 2. The van der Waals surface area contributed by atoms with E-state index in [1.54, 1.807) is 0 Å². The summed E-state index contributed by atoms with van der Waals surface area (Å²) in [6, 6.07) is -1.00. The predicted molar refractivity (Wildman–Crippen MR) is 257 cm³/mol. The number of unbranched alkanes of at least 4 members (excludes halogenated alkanes) is 26. The van der Waals surface area contributed by atoms with Crippen LogP contribution in [0.15, 0.2) is 16.1 Å². The zero-order valence-electron chi connectivity index (χ0n) is 42.4. The topological polar surface area (TPSA) is 247 Å². The van der Waals surface area contributed by atoms with Crippen LogP contribution in [0.4, 0.5) is 0 Å². The second-order valence-electron chi connectivity index (χ2n) is 17.8. The number of azide groups is 1. The predicted octanol–water partition coefficient (Wildman–Crippen LogP) is 6.22. The number of thioether (sulfide) groups is 1. The molecule has 0 aliphatic carbocycles. The average molecular weight is 1040 g/mol. The van der Waals surface area contributed by atoms with Crippen LogP contribution in [-0.4, -0.2) is 63.4 Å². The van der Waals surface area contributed by atoms with Gasteiger partial charge in [0, 0.05) is 29.7 Å². The van der Waals surface area contributed by atoms with Crippen molar-refractivity contribution >= 4 is 33.4 Å². The Labute approximate surface area is 456 Å². The molecule has 382 valence electrons. The van der Waals surface area contributed by atoms with Gasteiger partial charge in [-0.3, -0.25) is 18.5 Å². The number of phosphoric acid groups is 2. The van der Waals surface area contributed by atoms with Crippen LogP contribution >= 0.6 is 27.4 Å². The van der Waals surface area contributed by atoms with Crippen LogP contribution < -0.4 is 74.8 Å². The second kappa shape index (κ2) is 42.4. The molecule has 1 N–H and O–H groups in total. The Morgan fingerprint density at radius 1 is 0.853 bits per heavy atom. The van der Waals surface area contributed by atoms with Gasteiger partial charge in [0.15, 0.2) is 0 Å². The van der Waals surface area contributed by atoms with Crippen LogP contribution in [0.25, 0.3) is 10.4 Å². The molecule has 1 aliphatic rings. The monoisotopic (exact) mass is 1040 g/mol. The molecule has 2 heterocycles. The molecule has 1 aliphatic heterocycles.